The fourth-order valence-electron chi connectivity index (χ4n) is 7.43. The van der Waals surface area contributed by atoms with Gasteiger partial charge in [-0.1, -0.05) is 78.3 Å². The number of hydrogen-bond acceptors (Lipinski definition) is 14. The van der Waals surface area contributed by atoms with Crippen LogP contribution in [0.15, 0.2) is 35.3 Å². The highest BCUT2D eigenvalue weighted by Gasteiger charge is 2.34. The largest absolute Gasteiger partial charge is 0.480 e. The van der Waals surface area contributed by atoms with Crippen molar-refractivity contribution < 1.29 is 48.3 Å². The molecule has 0 spiro atoms. The molecular formula is C50H86N12O10S2. The van der Waals surface area contributed by atoms with Gasteiger partial charge >= 0.3 is 5.97 Å². The zero-order valence-electron chi connectivity index (χ0n) is 44.7. The normalized spacial score (nSPS) is 14.9. The summed E-state index contributed by atoms with van der Waals surface area (Å²) in [7, 11) is 0. The second kappa shape index (κ2) is 35.7. The van der Waals surface area contributed by atoms with Crippen LogP contribution in [0.5, 0.6) is 0 Å². The van der Waals surface area contributed by atoms with E-state index >= 15 is 0 Å². The number of nitrogens with one attached hydrogen (secondary N) is 7. The minimum Gasteiger partial charge on any atom is -0.480 e. The number of rotatable bonds is 37. The summed E-state index contributed by atoms with van der Waals surface area (Å²) in [6.07, 6.45) is 5.45. The number of aliphatic imine (C=N–C) groups is 1. The fourth-order valence-corrected chi connectivity index (χ4v) is 8.47. The first kappa shape index (κ1) is 66.6. The summed E-state index contributed by atoms with van der Waals surface area (Å²) < 4.78 is 0. The molecule has 0 aliphatic rings. The number of Topliss-reactive ketones (excluding diaryl/α,β-unsaturated/α-hetero) is 1. The van der Waals surface area contributed by atoms with Crippen molar-refractivity contribution in [2.75, 3.05) is 30.6 Å². The highest BCUT2D eigenvalue weighted by molar-refractivity contribution is 7.98. The van der Waals surface area contributed by atoms with E-state index < -0.39 is 102 Å². The van der Waals surface area contributed by atoms with Crippen molar-refractivity contribution in [2.45, 2.75) is 167 Å². The zero-order chi connectivity index (χ0) is 56.1. The van der Waals surface area contributed by atoms with E-state index in [0.717, 1.165) is 0 Å². The number of carboxylic acid groups (broad SMARTS) is 1. The minimum atomic E-state index is -1.22. The van der Waals surface area contributed by atoms with E-state index in [9.17, 15) is 48.3 Å². The summed E-state index contributed by atoms with van der Waals surface area (Å²) in [5, 5.41) is 28.7. The van der Waals surface area contributed by atoms with Crippen LogP contribution in [0, 0.1) is 17.8 Å². The Bertz CT molecular complexity index is 1990. The molecule has 0 heterocycles. The van der Waals surface area contributed by atoms with Gasteiger partial charge in [0.25, 0.3) is 0 Å². The Morgan fingerprint density at radius 2 is 1.07 bits per heavy atom. The van der Waals surface area contributed by atoms with Gasteiger partial charge in [0.1, 0.15) is 36.3 Å². The standard InChI is InChI=1S/C50H86N12O10S2/c1-28(2)24-36(45(67)60-37(26-32-16-11-10-12-17-32)46(68)61-38(49(71)72)25-29(3)4)59-47(69)39(27-74-9)62-44(66)34(19-15-22-55-50(53)54)57-42(64)33(51)18-13-14-20-40(63)31(7)56-43(65)35(21-23-73-8)58-48(70)41(52)30(5)6/h10-12,16-17,28-31,33-39,41H,13-15,18-27,51-52H2,1-9H3,(H,56,65)(H,57,64)(H,58,70)(H,59,69)(H,60,67)(H,61,68)(H,62,66)(H,71,72)(H4,53,54,55)/t31-,33-,34-,35-,36-,37-,38-,39-,41-/m0/s1. The lowest BCUT2D eigenvalue weighted by molar-refractivity contribution is -0.142. The molecule has 0 saturated heterocycles. The average molecular weight is 1080 g/mol. The summed E-state index contributed by atoms with van der Waals surface area (Å²) in [5.41, 5.74) is 24.0. The average Bonchev–Trinajstić information content (AvgIpc) is 3.33. The van der Waals surface area contributed by atoms with Crippen molar-refractivity contribution in [1.29, 1.82) is 0 Å². The Balaban J connectivity index is 3.14. The monoisotopic (exact) mass is 1080 g/mol. The molecule has 0 fully saturated rings. The van der Waals surface area contributed by atoms with Gasteiger partial charge in [0.2, 0.25) is 41.4 Å². The van der Waals surface area contributed by atoms with Gasteiger partial charge in [-0.3, -0.25) is 43.3 Å². The van der Waals surface area contributed by atoms with E-state index in [1.165, 1.54) is 23.5 Å². The van der Waals surface area contributed by atoms with Gasteiger partial charge in [0.15, 0.2) is 11.7 Å². The van der Waals surface area contributed by atoms with Gasteiger partial charge in [-0.2, -0.15) is 23.5 Å². The number of thioether (sulfide) groups is 2. The van der Waals surface area contributed by atoms with Gasteiger partial charge in [0.05, 0.1) is 18.1 Å². The molecule has 74 heavy (non-hydrogen) atoms. The lowest BCUT2D eigenvalue weighted by Crippen LogP contribution is -2.60. The third-order valence-corrected chi connectivity index (χ3v) is 13.1. The van der Waals surface area contributed by atoms with Crippen molar-refractivity contribution in [3.63, 3.8) is 0 Å². The van der Waals surface area contributed by atoms with Crippen molar-refractivity contribution in [3.8, 4) is 0 Å². The predicted molar refractivity (Wildman–Crippen MR) is 291 cm³/mol. The van der Waals surface area contributed by atoms with Crippen LogP contribution in [-0.2, 0) is 49.6 Å². The lowest BCUT2D eigenvalue weighted by Gasteiger charge is -2.28. The van der Waals surface area contributed by atoms with Crippen LogP contribution < -0.4 is 60.2 Å². The quantitative estimate of drug-likeness (QED) is 0.0244. The molecule has 0 saturated carbocycles. The Morgan fingerprint density at radius 3 is 1.64 bits per heavy atom. The number of aliphatic carboxylic acids is 1. The maximum absolute atomic E-state index is 14.1. The molecule has 22 nitrogen and oxygen atoms in total. The smallest absolute Gasteiger partial charge is 0.326 e. The van der Waals surface area contributed by atoms with Crippen LogP contribution in [0.2, 0.25) is 0 Å². The number of nitrogens with zero attached hydrogens (tertiary/aromatic N) is 1. The Hall–Kier alpha value is -5.46. The van der Waals surface area contributed by atoms with E-state index in [4.69, 9.17) is 22.9 Å². The molecule has 0 aliphatic carbocycles. The SMILES string of the molecule is CSCC[C@H](NC(=O)[C@@H](N)C(C)C)C(=O)N[C@@H](C)C(=O)CCCC[C@H](N)C(=O)N[C@@H](CCCN=C(N)N)C(=O)N[C@@H](CSC)C(=O)N[C@@H](CC(C)C)C(=O)N[C@@H](Cc1ccccc1)C(=O)N[C@@H](CC(C)C)C(=O)O. The van der Waals surface area contributed by atoms with E-state index in [1.54, 1.807) is 57.4 Å². The van der Waals surface area contributed by atoms with Crippen molar-refractivity contribution in [2.24, 2.45) is 45.7 Å². The second-order valence-electron chi connectivity index (χ2n) is 19.7. The zero-order valence-corrected chi connectivity index (χ0v) is 46.3. The highest BCUT2D eigenvalue weighted by Crippen LogP contribution is 2.13. The Kier molecular flexibility index (Phi) is 32.1. The summed E-state index contributed by atoms with van der Waals surface area (Å²) in [4.78, 5) is 124. The van der Waals surface area contributed by atoms with Crippen LogP contribution >= 0.6 is 23.5 Å². The number of ketones is 1. The van der Waals surface area contributed by atoms with Crippen molar-refractivity contribution in [3.05, 3.63) is 35.9 Å². The lowest BCUT2D eigenvalue weighted by atomic mass is 9.99. The summed E-state index contributed by atoms with van der Waals surface area (Å²) >= 11 is 2.75. The van der Waals surface area contributed by atoms with Gasteiger partial charge in [-0.05, 0) is 93.5 Å². The first-order chi connectivity index (χ1) is 34.8. The number of carboxylic acids is 1. The van der Waals surface area contributed by atoms with Crippen molar-refractivity contribution >= 4 is 82.6 Å². The van der Waals surface area contributed by atoms with Gasteiger partial charge in [0, 0.05) is 25.1 Å². The van der Waals surface area contributed by atoms with Gasteiger partial charge in [-0.15, -0.1) is 0 Å². The summed E-state index contributed by atoms with van der Waals surface area (Å²) in [5.74, 6) is -5.77. The summed E-state index contributed by atoms with van der Waals surface area (Å²) in [6, 6.07) is -0.756. The molecular weight excluding hydrogens is 993 g/mol. The van der Waals surface area contributed by atoms with E-state index in [0.29, 0.717) is 30.6 Å². The molecule has 0 unspecified atom stereocenters. The highest BCUT2D eigenvalue weighted by atomic mass is 32.2. The molecule has 418 valence electrons. The first-order valence-electron chi connectivity index (χ1n) is 25.3. The molecule has 0 radical (unpaired) electrons. The van der Waals surface area contributed by atoms with Crippen LogP contribution in [0.4, 0.5) is 0 Å². The maximum atomic E-state index is 14.1. The molecule has 0 bridgehead atoms. The molecule has 7 amide bonds. The molecule has 16 N–H and O–H groups in total. The van der Waals surface area contributed by atoms with Gasteiger partial charge < -0.3 is 65.3 Å². The predicted octanol–water partition coefficient (Wildman–Crippen LogP) is 0.429. The number of guanidine groups is 1. The number of hydrogen-bond donors (Lipinski definition) is 12. The second-order valence-corrected chi connectivity index (χ2v) is 21.6. The third kappa shape index (κ3) is 26.7. The Morgan fingerprint density at radius 1 is 0.568 bits per heavy atom. The van der Waals surface area contributed by atoms with E-state index in [2.05, 4.69) is 42.2 Å². The Labute approximate surface area is 445 Å². The van der Waals surface area contributed by atoms with Gasteiger partial charge in [-0.25, -0.2) is 4.79 Å². The van der Waals surface area contributed by atoms with Crippen LogP contribution in [0.25, 0.3) is 0 Å². The minimum absolute atomic E-state index is 0.0262. The number of unbranched alkanes of at least 4 members (excludes halogenated alkanes) is 1. The number of amides is 7. The number of benzene rings is 1. The first-order valence-corrected chi connectivity index (χ1v) is 28.1. The van der Waals surface area contributed by atoms with Crippen molar-refractivity contribution in [1.82, 2.24) is 37.2 Å². The van der Waals surface area contributed by atoms with Crippen LogP contribution in [-0.4, -0.2) is 149 Å². The molecule has 1 aromatic rings. The van der Waals surface area contributed by atoms with Crippen LogP contribution in [0.1, 0.15) is 112 Å². The maximum Gasteiger partial charge on any atom is 0.326 e. The number of carbonyl (C=O) groups excluding carboxylic acids is 8. The van der Waals surface area contributed by atoms with E-state index in [1.807, 2.05) is 34.0 Å². The molecule has 1 rings (SSSR count). The molecule has 1 aromatic carbocycles. The number of carbonyl (C=O) groups is 9. The number of nitrogens with two attached hydrogens (primary N) is 4. The topological polar surface area (TPSA) is 375 Å². The molecule has 9 atom stereocenters. The van der Waals surface area contributed by atoms with E-state index in [-0.39, 0.29) is 86.7 Å². The summed E-state index contributed by atoms with van der Waals surface area (Å²) in [6.45, 7) is 12.6. The molecule has 24 heteroatoms. The molecule has 0 aromatic heterocycles. The van der Waals surface area contributed by atoms with Crippen LogP contribution in [0.3, 0.4) is 0 Å². The third-order valence-electron chi connectivity index (χ3n) is 11.8. The molecule has 0 aliphatic heterocycles. The fraction of sp³-hybridized carbons (Fsp3) is 0.680.